The number of benzene rings is 1. The van der Waals surface area contributed by atoms with Gasteiger partial charge in [-0.25, -0.2) is 4.98 Å². The molecule has 1 N–H and O–H groups in total. The highest BCUT2D eigenvalue weighted by atomic mass is 32.1. The molecule has 0 saturated carbocycles. The minimum absolute atomic E-state index is 0.00459. The molecular formula is C17H21N3O2S. The van der Waals surface area contributed by atoms with Crippen molar-refractivity contribution in [3.63, 3.8) is 0 Å². The van der Waals surface area contributed by atoms with Gasteiger partial charge in [0.05, 0.1) is 24.3 Å². The van der Waals surface area contributed by atoms with Crippen LogP contribution in [0.1, 0.15) is 23.0 Å². The van der Waals surface area contributed by atoms with Crippen LogP contribution < -0.4 is 5.32 Å². The fraction of sp³-hybridized carbons (Fsp3) is 0.412. The Morgan fingerprint density at radius 1 is 1.48 bits per heavy atom. The molecule has 1 amide bonds. The highest BCUT2D eigenvalue weighted by Crippen LogP contribution is 2.13. The number of carbonyl (C=O) groups excluding carboxylic acids is 1. The van der Waals surface area contributed by atoms with E-state index in [9.17, 15) is 4.79 Å². The van der Waals surface area contributed by atoms with Crippen molar-refractivity contribution in [2.75, 3.05) is 19.7 Å². The van der Waals surface area contributed by atoms with E-state index in [1.165, 1.54) is 16.9 Å². The number of hydrogen-bond donors (Lipinski definition) is 1. The molecule has 0 bridgehead atoms. The third-order valence-electron chi connectivity index (χ3n) is 4.01. The topological polar surface area (TPSA) is 54.5 Å². The zero-order chi connectivity index (χ0) is 16.1. The number of ether oxygens (including phenoxy) is 1. The van der Waals surface area contributed by atoms with Gasteiger partial charge in [0.1, 0.15) is 5.69 Å². The van der Waals surface area contributed by atoms with Crippen LogP contribution in [0.2, 0.25) is 0 Å². The molecule has 0 spiro atoms. The molecule has 2 heterocycles. The standard InChI is InChI=1S/C17H21N3O2S/c1-13(19-17(21)15-11-23-12-18-15)16-10-20(7-8-22-16)9-14-5-3-2-4-6-14/h2-6,11-13,16H,7-10H2,1H3,(H,19,21)/t13-,16+/m1/s1. The molecule has 6 heteroatoms. The zero-order valence-electron chi connectivity index (χ0n) is 13.1. The molecule has 1 aliphatic rings. The van der Waals surface area contributed by atoms with Crippen molar-refractivity contribution in [3.8, 4) is 0 Å². The van der Waals surface area contributed by atoms with Crippen LogP contribution >= 0.6 is 11.3 Å². The van der Waals surface area contributed by atoms with Crippen molar-refractivity contribution in [2.45, 2.75) is 25.6 Å². The maximum absolute atomic E-state index is 12.1. The molecule has 1 aliphatic heterocycles. The number of carbonyl (C=O) groups is 1. The molecule has 23 heavy (non-hydrogen) atoms. The summed E-state index contributed by atoms with van der Waals surface area (Å²) >= 11 is 1.42. The molecule has 1 fully saturated rings. The van der Waals surface area contributed by atoms with E-state index >= 15 is 0 Å². The van der Waals surface area contributed by atoms with Crippen LogP contribution in [0.4, 0.5) is 0 Å². The molecule has 1 aromatic heterocycles. The first kappa shape index (κ1) is 16.1. The van der Waals surface area contributed by atoms with E-state index in [1.807, 2.05) is 13.0 Å². The highest BCUT2D eigenvalue weighted by molar-refractivity contribution is 7.07. The van der Waals surface area contributed by atoms with E-state index in [-0.39, 0.29) is 18.1 Å². The minimum Gasteiger partial charge on any atom is -0.373 e. The van der Waals surface area contributed by atoms with Crippen LogP contribution in [0.25, 0.3) is 0 Å². The van der Waals surface area contributed by atoms with Crippen LogP contribution in [0.5, 0.6) is 0 Å². The Labute approximate surface area is 140 Å². The number of thiazole rings is 1. The Morgan fingerprint density at radius 2 is 2.30 bits per heavy atom. The second-order valence-electron chi connectivity index (χ2n) is 5.77. The largest absolute Gasteiger partial charge is 0.373 e. The van der Waals surface area contributed by atoms with Crippen LogP contribution in [-0.4, -0.2) is 47.6 Å². The van der Waals surface area contributed by atoms with Gasteiger partial charge in [0.2, 0.25) is 0 Å². The van der Waals surface area contributed by atoms with Crippen LogP contribution in [-0.2, 0) is 11.3 Å². The molecule has 2 atom stereocenters. The van der Waals surface area contributed by atoms with Gasteiger partial charge in [0.15, 0.2) is 0 Å². The molecular weight excluding hydrogens is 310 g/mol. The smallest absolute Gasteiger partial charge is 0.271 e. The number of hydrogen-bond acceptors (Lipinski definition) is 5. The third-order valence-corrected chi connectivity index (χ3v) is 4.59. The highest BCUT2D eigenvalue weighted by Gasteiger charge is 2.27. The van der Waals surface area contributed by atoms with Gasteiger partial charge in [-0.1, -0.05) is 30.3 Å². The third kappa shape index (κ3) is 4.37. The second kappa shape index (κ2) is 7.68. The van der Waals surface area contributed by atoms with Gasteiger partial charge in [0.25, 0.3) is 5.91 Å². The fourth-order valence-electron chi connectivity index (χ4n) is 2.72. The van der Waals surface area contributed by atoms with Gasteiger partial charge in [-0.3, -0.25) is 9.69 Å². The minimum atomic E-state index is -0.137. The van der Waals surface area contributed by atoms with Crippen molar-refractivity contribution >= 4 is 17.2 Å². The number of nitrogens with one attached hydrogen (secondary N) is 1. The lowest BCUT2D eigenvalue weighted by atomic mass is 10.1. The first-order valence-corrected chi connectivity index (χ1v) is 8.73. The predicted octanol–water partition coefficient (Wildman–Crippen LogP) is 2.16. The fourth-order valence-corrected chi connectivity index (χ4v) is 3.25. The van der Waals surface area contributed by atoms with Crippen molar-refractivity contribution in [3.05, 3.63) is 52.5 Å². The Kier molecular flexibility index (Phi) is 5.38. The first-order chi connectivity index (χ1) is 11.2. The quantitative estimate of drug-likeness (QED) is 0.912. The maximum Gasteiger partial charge on any atom is 0.271 e. The summed E-state index contributed by atoms with van der Waals surface area (Å²) in [5.41, 5.74) is 3.43. The van der Waals surface area contributed by atoms with Crippen molar-refractivity contribution < 1.29 is 9.53 Å². The first-order valence-electron chi connectivity index (χ1n) is 7.79. The lowest BCUT2D eigenvalue weighted by molar-refractivity contribution is -0.0449. The Balaban J connectivity index is 1.54. The van der Waals surface area contributed by atoms with Crippen LogP contribution in [0.3, 0.4) is 0 Å². The van der Waals surface area contributed by atoms with E-state index in [1.54, 1.807) is 10.9 Å². The summed E-state index contributed by atoms with van der Waals surface area (Å²) in [4.78, 5) is 18.5. The molecule has 2 aromatic rings. The molecule has 1 saturated heterocycles. The van der Waals surface area contributed by atoms with Gasteiger partial charge in [-0.15, -0.1) is 11.3 Å². The number of amides is 1. The van der Waals surface area contributed by atoms with E-state index in [0.717, 1.165) is 19.6 Å². The van der Waals surface area contributed by atoms with Crippen LogP contribution in [0.15, 0.2) is 41.2 Å². The molecule has 0 unspecified atom stereocenters. The lowest BCUT2D eigenvalue weighted by Gasteiger charge is -2.36. The summed E-state index contributed by atoms with van der Waals surface area (Å²) in [6.07, 6.45) is -0.00459. The SMILES string of the molecule is C[C@@H](NC(=O)c1cscn1)[C@@H]1CN(Cc2ccccc2)CCO1. The summed E-state index contributed by atoms with van der Waals surface area (Å²) in [6, 6.07) is 10.4. The average molecular weight is 331 g/mol. The molecule has 3 rings (SSSR count). The van der Waals surface area contributed by atoms with E-state index in [2.05, 4.69) is 39.5 Å². The zero-order valence-corrected chi connectivity index (χ0v) is 14.0. The summed E-state index contributed by atoms with van der Waals surface area (Å²) in [6.45, 7) is 5.31. The summed E-state index contributed by atoms with van der Waals surface area (Å²) in [5, 5.41) is 4.75. The Morgan fingerprint density at radius 3 is 3.04 bits per heavy atom. The number of aromatic nitrogens is 1. The lowest BCUT2D eigenvalue weighted by Crippen LogP contribution is -2.52. The number of rotatable bonds is 5. The van der Waals surface area contributed by atoms with Gasteiger partial charge >= 0.3 is 0 Å². The maximum atomic E-state index is 12.1. The number of nitrogens with zero attached hydrogens (tertiary/aromatic N) is 2. The van der Waals surface area contributed by atoms with E-state index in [4.69, 9.17) is 4.74 Å². The van der Waals surface area contributed by atoms with E-state index in [0.29, 0.717) is 12.3 Å². The molecule has 0 radical (unpaired) electrons. The summed E-state index contributed by atoms with van der Waals surface area (Å²) < 4.78 is 5.85. The molecule has 5 nitrogen and oxygen atoms in total. The van der Waals surface area contributed by atoms with Gasteiger partial charge in [-0.2, -0.15) is 0 Å². The van der Waals surface area contributed by atoms with Crippen molar-refractivity contribution in [1.82, 2.24) is 15.2 Å². The van der Waals surface area contributed by atoms with Gasteiger partial charge in [-0.05, 0) is 12.5 Å². The normalized spacial score (nSPS) is 20.1. The Bertz CT molecular complexity index is 618. The Hall–Kier alpha value is -1.76. The molecule has 0 aliphatic carbocycles. The molecule has 122 valence electrons. The van der Waals surface area contributed by atoms with Gasteiger partial charge in [0, 0.05) is 25.0 Å². The van der Waals surface area contributed by atoms with Crippen molar-refractivity contribution in [1.29, 1.82) is 0 Å². The monoisotopic (exact) mass is 331 g/mol. The van der Waals surface area contributed by atoms with E-state index < -0.39 is 0 Å². The summed E-state index contributed by atoms with van der Waals surface area (Å²) in [7, 11) is 0. The predicted molar refractivity (Wildman–Crippen MR) is 90.5 cm³/mol. The molecule has 1 aromatic carbocycles. The van der Waals surface area contributed by atoms with Crippen LogP contribution in [0, 0.1) is 0 Å². The second-order valence-corrected chi connectivity index (χ2v) is 6.48. The summed E-state index contributed by atoms with van der Waals surface area (Å²) in [5.74, 6) is -0.137. The average Bonchev–Trinajstić information content (AvgIpc) is 3.10. The van der Waals surface area contributed by atoms with Gasteiger partial charge < -0.3 is 10.1 Å². The van der Waals surface area contributed by atoms with Crippen molar-refractivity contribution in [2.24, 2.45) is 0 Å². The number of morpholine rings is 1.